The minimum atomic E-state index is -2.40. The fourth-order valence-electron chi connectivity index (χ4n) is 1.69. The van der Waals surface area contributed by atoms with E-state index < -0.39 is 6.43 Å². The van der Waals surface area contributed by atoms with E-state index in [9.17, 15) is 8.78 Å². The van der Waals surface area contributed by atoms with Crippen LogP contribution < -0.4 is 5.32 Å². The number of rotatable bonds is 5. The lowest BCUT2D eigenvalue weighted by molar-refractivity contribution is 0.151. The first-order chi connectivity index (χ1) is 9.19. The lowest BCUT2D eigenvalue weighted by atomic mass is 10.1. The SMILES string of the molecule is CSc1ccc(NCc2ccc(C(F)F)cc2)cc1. The number of benzene rings is 2. The van der Waals surface area contributed by atoms with Crippen molar-refractivity contribution in [1.29, 1.82) is 0 Å². The second-order valence-electron chi connectivity index (χ2n) is 4.12. The molecule has 4 heteroatoms. The minimum Gasteiger partial charge on any atom is -0.381 e. The third-order valence-electron chi connectivity index (χ3n) is 2.82. The number of hydrogen-bond acceptors (Lipinski definition) is 2. The number of halogens is 2. The van der Waals surface area contributed by atoms with Gasteiger partial charge in [0.15, 0.2) is 0 Å². The summed E-state index contributed by atoms with van der Waals surface area (Å²) in [5, 5.41) is 3.26. The van der Waals surface area contributed by atoms with E-state index in [1.807, 2.05) is 30.5 Å². The van der Waals surface area contributed by atoms with Crippen molar-refractivity contribution in [2.75, 3.05) is 11.6 Å². The lowest BCUT2D eigenvalue weighted by Crippen LogP contribution is -1.99. The largest absolute Gasteiger partial charge is 0.381 e. The van der Waals surface area contributed by atoms with Gasteiger partial charge in [-0.2, -0.15) is 0 Å². The van der Waals surface area contributed by atoms with E-state index in [1.165, 1.54) is 17.0 Å². The number of hydrogen-bond donors (Lipinski definition) is 1. The van der Waals surface area contributed by atoms with E-state index in [0.717, 1.165) is 11.3 Å². The van der Waals surface area contributed by atoms with Crippen molar-refractivity contribution in [3.8, 4) is 0 Å². The van der Waals surface area contributed by atoms with Crippen molar-refractivity contribution >= 4 is 17.4 Å². The quantitative estimate of drug-likeness (QED) is 0.776. The summed E-state index contributed by atoms with van der Waals surface area (Å²) in [6, 6.07) is 14.5. The van der Waals surface area contributed by atoms with Crippen LogP contribution in [-0.2, 0) is 6.54 Å². The van der Waals surface area contributed by atoms with E-state index in [2.05, 4.69) is 5.32 Å². The average Bonchev–Trinajstić information content (AvgIpc) is 2.46. The fourth-order valence-corrected chi connectivity index (χ4v) is 2.10. The first-order valence-corrected chi connectivity index (χ1v) is 7.16. The van der Waals surface area contributed by atoms with Gasteiger partial charge in [-0.15, -0.1) is 11.8 Å². The molecule has 0 bridgehead atoms. The van der Waals surface area contributed by atoms with Crippen LogP contribution in [0.3, 0.4) is 0 Å². The molecule has 2 rings (SSSR count). The van der Waals surface area contributed by atoms with Gasteiger partial charge >= 0.3 is 0 Å². The molecule has 0 heterocycles. The molecule has 0 aliphatic carbocycles. The Morgan fingerprint density at radius 2 is 1.63 bits per heavy atom. The van der Waals surface area contributed by atoms with Crippen LogP contribution in [0.2, 0.25) is 0 Å². The van der Waals surface area contributed by atoms with Crippen molar-refractivity contribution in [2.45, 2.75) is 17.9 Å². The van der Waals surface area contributed by atoms with E-state index >= 15 is 0 Å². The second kappa shape index (κ2) is 6.57. The lowest BCUT2D eigenvalue weighted by Gasteiger charge is -2.08. The third-order valence-corrected chi connectivity index (χ3v) is 3.56. The summed E-state index contributed by atoms with van der Waals surface area (Å²) in [5.74, 6) is 0. The monoisotopic (exact) mass is 279 g/mol. The zero-order valence-electron chi connectivity index (χ0n) is 10.6. The zero-order valence-corrected chi connectivity index (χ0v) is 11.4. The van der Waals surface area contributed by atoms with Crippen molar-refractivity contribution in [3.63, 3.8) is 0 Å². The van der Waals surface area contributed by atoms with Crippen molar-refractivity contribution in [2.24, 2.45) is 0 Å². The standard InChI is InChI=1S/C15H15F2NS/c1-19-14-8-6-13(7-9-14)18-10-11-2-4-12(5-3-11)15(16)17/h2-9,15,18H,10H2,1H3. The maximum atomic E-state index is 12.4. The number of thioether (sulfide) groups is 1. The summed E-state index contributed by atoms with van der Waals surface area (Å²) in [6.07, 6.45) is -0.367. The van der Waals surface area contributed by atoms with Crippen LogP contribution in [0.1, 0.15) is 17.6 Å². The van der Waals surface area contributed by atoms with E-state index in [1.54, 1.807) is 23.9 Å². The van der Waals surface area contributed by atoms with Gasteiger partial charge in [-0.05, 0) is 36.1 Å². The van der Waals surface area contributed by atoms with Crippen molar-refractivity contribution < 1.29 is 8.78 Å². The van der Waals surface area contributed by atoms with Crippen LogP contribution in [0.4, 0.5) is 14.5 Å². The predicted molar refractivity (Wildman–Crippen MR) is 76.9 cm³/mol. The Labute approximate surface area is 116 Å². The van der Waals surface area contributed by atoms with Gasteiger partial charge in [0.05, 0.1) is 0 Å². The van der Waals surface area contributed by atoms with E-state index in [0.29, 0.717) is 6.54 Å². The smallest absolute Gasteiger partial charge is 0.263 e. The van der Waals surface area contributed by atoms with E-state index in [-0.39, 0.29) is 5.56 Å². The number of anilines is 1. The minimum absolute atomic E-state index is 0.0630. The molecular formula is C15H15F2NS. The normalized spacial score (nSPS) is 10.7. The van der Waals surface area contributed by atoms with Crippen LogP contribution in [0.5, 0.6) is 0 Å². The molecule has 19 heavy (non-hydrogen) atoms. The molecule has 0 atom stereocenters. The Morgan fingerprint density at radius 1 is 1.00 bits per heavy atom. The van der Waals surface area contributed by atoms with Gasteiger partial charge in [-0.25, -0.2) is 8.78 Å². The molecule has 0 aromatic heterocycles. The molecule has 1 N–H and O–H groups in total. The topological polar surface area (TPSA) is 12.0 Å². The first kappa shape index (κ1) is 13.9. The second-order valence-corrected chi connectivity index (χ2v) is 5.00. The molecule has 1 nitrogen and oxygen atoms in total. The Morgan fingerprint density at radius 3 is 2.16 bits per heavy atom. The molecule has 0 aliphatic heterocycles. The van der Waals surface area contributed by atoms with Gasteiger partial charge in [0.1, 0.15) is 0 Å². The molecule has 0 radical (unpaired) electrons. The van der Waals surface area contributed by atoms with Crippen LogP contribution in [0.15, 0.2) is 53.4 Å². The van der Waals surface area contributed by atoms with Crippen LogP contribution >= 0.6 is 11.8 Å². The summed E-state index contributed by atoms with van der Waals surface area (Å²) in [5.41, 5.74) is 2.07. The predicted octanol–water partition coefficient (Wildman–Crippen LogP) is 4.96. The molecular weight excluding hydrogens is 264 g/mol. The van der Waals surface area contributed by atoms with Gasteiger partial charge in [0, 0.05) is 22.7 Å². The Kier molecular flexibility index (Phi) is 4.80. The molecule has 100 valence electrons. The zero-order chi connectivity index (χ0) is 13.7. The Bertz CT molecular complexity index is 509. The number of alkyl halides is 2. The maximum absolute atomic E-state index is 12.4. The van der Waals surface area contributed by atoms with Crippen molar-refractivity contribution in [3.05, 3.63) is 59.7 Å². The molecule has 0 saturated carbocycles. The fraction of sp³-hybridized carbons (Fsp3) is 0.200. The highest BCUT2D eigenvalue weighted by molar-refractivity contribution is 7.98. The highest BCUT2D eigenvalue weighted by atomic mass is 32.2. The summed E-state index contributed by atoms with van der Waals surface area (Å²) in [6.45, 7) is 0.627. The van der Waals surface area contributed by atoms with Gasteiger partial charge in [0.25, 0.3) is 6.43 Å². The summed E-state index contributed by atoms with van der Waals surface area (Å²) in [7, 11) is 0. The molecule has 2 aromatic carbocycles. The van der Waals surface area contributed by atoms with Gasteiger partial charge in [-0.3, -0.25) is 0 Å². The Hall–Kier alpha value is -1.55. The molecule has 0 unspecified atom stereocenters. The van der Waals surface area contributed by atoms with Gasteiger partial charge < -0.3 is 5.32 Å². The third kappa shape index (κ3) is 3.96. The summed E-state index contributed by atoms with van der Waals surface area (Å²) in [4.78, 5) is 1.21. The maximum Gasteiger partial charge on any atom is 0.263 e. The average molecular weight is 279 g/mol. The molecule has 0 spiro atoms. The van der Waals surface area contributed by atoms with Crippen LogP contribution in [0.25, 0.3) is 0 Å². The van der Waals surface area contributed by atoms with Crippen LogP contribution in [0, 0.1) is 0 Å². The molecule has 0 amide bonds. The summed E-state index contributed by atoms with van der Waals surface area (Å²) >= 11 is 1.70. The first-order valence-electron chi connectivity index (χ1n) is 5.94. The Balaban J connectivity index is 1.94. The van der Waals surface area contributed by atoms with Crippen LogP contribution in [-0.4, -0.2) is 6.26 Å². The molecule has 2 aromatic rings. The van der Waals surface area contributed by atoms with E-state index in [4.69, 9.17) is 0 Å². The van der Waals surface area contributed by atoms with Gasteiger partial charge in [0.2, 0.25) is 0 Å². The van der Waals surface area contributed by atoms with Gasteiger partial charge in [-0.1, -0.05) is 24.3 Å². The highest BCUT2D eigenvalue weighted by Crippen LogP contribution is 2.20. The molecule has 0 saturated heterocycles. The summed E-state index contributed by atoms with van der Waals surface area (Å²) < 4.78 is 24.8. The van der Waals surface area contributed by atoms with Crippen molar-refractivity contribution in [1.82, 2.24) is 0 Å². The molecule has 0 fully saturated rings. The molecule has 0 aliphatic rings. The number of nitrogens with one attached hydrogen (secondary N) is 1. The highest BCUT2D eigenvalue weighted by Gasteiger charge is 2.05.